The van der Waals surface area contributed by atoms with Gasteiger partial charge in [-0.3, -0.25) is 4.79 Å². The predicted molar refractivity (Wildman–Crippen MR) is 121 cm³/mol. The van der Waals surface area contributed by atoms with Gasteiger partial charge in [-0.1, -0.05) is 54.6 Å². The number of para-hydroxylation sites is 1. The number of ether oxygens (including phenoxy) is 2. The molecule has 3 aromatic rings. The van der Waals surface area contributed by atoms with Gasteiger partial charge in [0.2, 0.25) is 0 Å². The van der Waals surface area contributed by atoms with Crippen molar-refractivity contribution in [2.24, 2.45) is 0 Å². The lowest BCUT2D eigenvalue weighted by Crippen LogP contribution is -2.30. The van der Waals surface area contributed by atoms with Gasteiger partial charge in [-0.05, 0) is 62.4 Å². The molecule has 4 heteroatoms. The minimum atomic E-state index is -0.611. The molecule has 0 heterocycles. The molecule has 30 heavy (non-hydrogen) atoms. The van der Waals surface area contributed by atoms with Gasteiger partial charge in [-0.2, -0.15) is 0 Å². The van der Waals surface area contributed by atoms with Crippen LogP contribution in [0.15, 0.2) is 72.8 Å². The number of benzene rings is 3. The largest absolute Gasteiger partial charge is 0.494 e. The van der Waals surface area contributed by atoms with Crippen LogP contribution in [0, 0.1) is 13.8 Å². The van der Waals surface area contributed by atoms with Crippen molar-refractivity contribution < 1.29 is 14.3 Å². The lowest BCUT2D eigenvalue weighted by Gasteiger charge is -2.18. The monoisotopic (exact) mass is 403 g/mol. The normalized spacial score (nSPS) is 11.6. The van der Waals surface area contributed by atoms with Crippen LogP contribution in [0.4, 0.5) is 5.69 Å². The number of aryl methyl sites for hydroxylation is 3. The third kappa shape index (κ3) is 6.11. The number of carbonyl (C=O) groups excluding carboxylic acids is 1. The van der Waals surface area contributed by atoms with Crippen LogP contribution < -0.4 is 14.8 Å². The third-order valence-corrected chi connectivity index (χ3v) is 4.90. The van der Waals surface area contributed by atoms with E-state index in [1.54, 1.807) is 6.92 Å². The van der Waals surface area contributed by atoms with Crippen molar-refractivity contribution in [2.45, 2.75) is 39.7 Å². The molecule has 1 N–H and O–H groups in total. The molecule has 0 saturated carbocycles. The number of hydrogen-bond donors (Lipinski definition) is 1. The molecule has 0 aliphatic carbocycles. The first-order chi connectivity index (χ1) is 14.5. The highest BCUT2D eigenvalue weighted by Gasteiger charge is 2.17. The number of rotatable bonds is 9. The predicted octanol–water partition coefficient (Wildman–Crippen LogP) is 5.72. The standard InChI is InChI=1S/C26H29NO3/c1-19-10-7-11-20(2)25(19)30-21(3)26(28)27-23-15-8-16-24(18-23)29-17-9-14-22-12-5-4-6-13-22/h4-8,10-13,15-16,18,21H,9,14,17H2,1-3H3,(H,27,28). The van der Waals surface area contributed by atoms with Crippen LogP contribution in [0.25, 0.3) is 0 Å². The van der Waals surface area contributed by atoms with E-state index in [0.29, 0.717) is 12.3 Å². The van der Waals surface area contributed by atoms with E-state index in [0.717, 1.165) is 35.5 Å². The van der Waals surface area contributed by atoms with Gasteiger partial charge < -0.3 is 14.8 Å². The molecule has 1 amide bonds. The summed E-state index contributed by atoms with van der Waals surface area (Å²) in [7, 11) is 0. The number of nitrogens with one attached hydrogen (secondary N) is 1. The average molecular weight is 404 g/mol. The Morgan fingerprint density at radius 1 is 0.933 bits per heavy atom. The highest BCUT2D eigenvalue weighted by atomic mass is 16.5. The second kappa shape index (κ2) is 10.5. The zero-order chi connectivity index (χ0) is 21.3. The van der Waals surface area contributed by atoms with Crippen LogP contribution in [-0.2, 0) is 11.2 Å². The molecule has 0 aromatic heterocycles. The fraction of sp³-hybridized carbons (Fsp3) is 0.269. The van der Waals surface area contributed by atoms with Crippen molar-refractivity contribution in [3.63, 3.8) is 0 Å². The highest BCUT2D eigenvalue weighted by Crippen LogP contribution is 2.24. The van der Waals surface area contributed by atoms with Crippen LogP contribution in [0.3, 0.4) is 0 Å². The van der Waals surface area contributed by atoms with Gasteiger partial charge in [0.25, 0.3) is 5.91 Å². The van der Waals surface area contributed by atoms with Crippen molar-refractivity contribution >= 4 is 11.6 Å². The Morgan fingerprint density at radius 3 is 2.37 bits per heavy atom. The summed E-state index contributed by atoms with van der Waals surface area (Å²) in [4.78, 5) is 12.6. The lowest BCUT2D eigenvalue weighted by atomic mass is 10.1. The van der Waals surface area contributed by atoms with Crippen molar-refractivity contribution in [3.05, 3.63) is 89.5 Å². The smallest absolute Gasteiger partial charge is 0.265 e. The van der Waals surface area contributed by atoms with Gasteiger partial charge in [0, 0.05) is 11.8 Å². The van der Waals surface area contributed by atoms with Crippen LogP contribution in [0.1, 0.15) is 30.0 Å². The van der Waals surface area contributed by atoms with Crippen molar-refractivity contribution in [1.82, 2.24) is 0 Å². The van der Waals surface area contributed by atoms with Gasteiger partial charge in [-0.15, -0.1) is 0 Å². The van der Waals surface area contributed by atoms with E-state index in [1.165, 1.54) is 5.56 Å². The van der Waals surface area contributed by atoms with Gasteiger partial charge in [-0.25, -0.2) is 0 Å². The molecule has 156 valence electrons. The molecule has 4 nitrogen and oxygen atoms in total. The minimum absolute atomic E-state index is 0.195. The van der Waals surface area contributed by atoms with Gasteiger partial charge >= 0.3 is 0 Å². The molecule has 0 spiro atoms. The SMILES string of the molecule is Cc1cccc(C)c1OC(C)C(=O)Nc1cccc(OCCCc2ccccc2)c1. The quantitative estimate of drug-likeness (QED) is 0.465. The van der Waals surface area contributed by atoms with E-state index in [1.807, 2.05) is 74.5 Å². The van der Waals surface area contributed by atoms with E-state index in [-0.39, 0.29) is 5.91 Å². The minimum Gasteiger partial charge on any atom is -0.494 e. The topological polar surface area (TPSA) is 47.6 Å². The summed E-state index contributed by atoms with van der Waals surface area (Å²) in [5.41, 5.74) is 4.03. The first kappa shape index (κ1) is 21.4. The van der Waals surface area contributed by atoms with Crippen LogP contribution >= 0.6 is 0 Å². The Balaban J connectivity index is 1.50. The Morgan fingerprint density at radius 2 is 1.63 bits per heavy atom. The van der Waals surface area contributed by atoms with E-state index >= 15 is 0 Å². The van der Waals surface area contributed by atoms with E-state index in [4.69, 9.17) is 9.47 Å². The van der Waals surface area contributed by atoms with Gasteiger partial charge in [0.1, 0.15) is 11.5 Å². The second-order valence-electron chi connectivity index (χ2n) is 7.44. The molecular weight excluding hydrogens is 374 g/mol. The second-order valence-corrected chi connectivity index (χ2v) is 7.44. The molecule has 0 bridgehead atoms. The summed E-state index contributed by atoms with van der Waals surface area (Å²) in [5.74, 6) is 1.30. The molecule has 0 fully saturated rings. The van der Waals surface area contributed by atoms with Gasteiger partial charge in [0.15, 0.2) is 6.10 Å². The molecule has 0 aliphatic heterocycles. The van der Waals surface area contributed by atoms with E-state index in [9.17, 15) is 4.79 Å². The Hall–Kier alpha value is -3.27. The molecule has 0 radical (unpaired) electrons. The Bertz CT molecular complexity index is 949. The number of amides is 1. The Labute approximate surface area is 178 Å². The van der Waals surface area contributed by atoms with Crippen LogP contribution in [0.2, 0.25) is 0 Å². The molecule has 0 saturated heterocycles. The third-order valence-electron chi connectivity index (χ3n) is 4.90. The molecular formula is C26H29NO3. The lowest BCUT2D eigenvalue weighted by molar-refractivity contribution is -0.122. The number of carbonyl (C=O) groups is 1. The maximum Gasteiger partial charge on any atom is 0.265 e. The maximum absolute atomic E-state index is 12.6. The first-order valence-corrected chi connectivity index (χ1v) is 10.3. The molecule has 1 unspecified atom stereocenters. The first-order valence-electron chi connectivity index (χ1n) is 10.3. The van der Waals surface area contributed by atoms with Crippen LogP contribution in [0.5, 0.6) is 11.5 Å². The summed E-state index contributed by atoms with van der Waals surface area (Å²) in [5, 5.41) is 2.91. The molecule has 3 rings (SSSR count). The average Bonchev–Trinajstić information content (AvgIpc) is 2.75. The van der Waals surface area contributed by atoms with Gasteiger partial charge in [0.05, 0.1) is 6.61 Å². The zero-order valence-corrected chi connectivity index (χ0v) is 17.9. The summed E-state index contributed by atoms with van der Waals surface area (Å²) in [6, 6.07) is 23.8. The summed E-state index contributed by atoms with van der Waals surface area (Å²) in [6.07, 6.45) is 1.30. The van der Waals surface area contributed by atoms with E-state index < -0.39 is 6.10 Å². The van der Waals surface area contributed by atoms with Crippen molar-refractivity contribution in [2.75, 3.05) is 11.9 Å². The molecule has 1 atom stereocenters. The van der Waals surface area contributed by atoms with Crippen molar-refractivity contribution in [3.8, 4) is 11.5 Å². The molecule has 3 aromatic carbocycles. The van der Waals surface area contributed by atoms with E-state index in [2.05, 4.69) is 17.4 Å². The van der Waals surface area contributed by atoms with Crippen LogP contribution in [-0.4, -0.2) is 18.6 Å². The zero-order valence-electron chi connectivity index (χ0n) is 17.9. The fourth-order valence-corrected chi connectivity index (χ4v) is 3.23. The summed E-state index contributed by atoms with van der Waals surface area (Å²) >= 11 is 0. The number of hydrogen-bond acceptors (Lipinski definition) is 3. The number of anilines is 1. The summed E-state index contributed by atoms with van der Waals surface area (Å²) in [6.45, 7) is 6.33. The fourth-order valence-electron chi connectivity index (χ4n) is 3.23. The molecule has 0 aliphatic rings. The highest BCUT2D eigenvalue weighted by molar-refractivity contribution is 5.94. The summed E-state index contributed by atoms with van der Waals surface area (Å²) < 4.78 is 11.8. The maximum atomic E-state index is 12.6. The Kier molecular flexibility index (Phi) is 7.50. The van der Waals surface area contributed by atoms with Crippen molar-refractivity contribution in [1.29, 1.82) is 0 Å².